The second-order valence-electron chi connectivity index (χ2n) is 20.9. The fourth-order valence-electron chi connectivity index (χ4n) is 8.52. The molecule has 0 N–H and O–H groups in total. The normalized spacial score (nSPS) is 13.1. The van der Waals surface area contributed by atoms with Gasteiger partial charge in [0.25, 0.3) is 0 Å². The molecule has 1 unspecified atom stereocenters. The molecule has 1 atom stereocenters. The predicted octanol–water partition coefficient (Wildman–Crippen LogP) is 22.3. The van der Waals surface area contributed by atoms with Crippen LogP contribution in [0.2, 0.25) is 0 Å². The Morgan fingerprint density at radius 1 is 0.266 bits per heavy atom. The van der Waals surface area contributed by atoms with Gasteiger partial charge in [-0.15, -0.1) is 0 Å². The smallest absolute Gasteiger partial charge is 0.306 e. The van der Waals surface area contributed by atoms with Crippen LogP contribution in [0.4, 0.5) is 0 Å². The maximum atomic E-state index is 12.8. The molecule has 0 aromatic rings. The highest BCUT2D eigenvalue weighted by Gasteiger charge is 2.19. The van der Waals surface area contributed by atoms with Crippen LogP contribution >= 0.6 is 0 Å². The molecule has 0 fully saturated rings. The molecule has 0 aromatic heterocycles. The molecule has 0 saturated carbocycles. The molecular weight excluding hydrogens is 973 g/mol. The van der Waals surface area contributed by atoms with E-state index >= 15 is 0 Å². The van der Waals surface area contributed by atoms with Gasteiger partial charge in [0.05, 0.1) is 0 Å². The average Bonchev–Trinajstić information content (AvgIpc) is 3.45. The number of rotatable bonds is 57. The van der Waals surface area contributed by atoms with Crippen molar-refractivity contribution in [3.05, 3.63) is 146 Å². The van der Waals surface area contributed by atoms with Crippen LogP contribution in [0.25, 0.3) is 0 Å². The molecule has 6 heteroatoms. The molecule has 0 spiro atoms. The van der Waals surface area contributed by atoms with Crippen LogP contribution in [0.15, 0.2) is 146 Å². The van der Waals surface area contributed by atoms with Crippen LogP contribution in [0.5, 0.6) is 0 Å². The van der Waals surface area contributed by atoms with Crippen molar-refractivity contribution in [1.82, 2.24) is 0 Å². The highest BCUT2D eigenvalue weighted by molar-refractivity contribution is 5.71. The van der Waals surface area contributed by atoms with Crippen molar-refractivity contribution in [2.75, 3.05) is 13.2 Å². The van der Waals surface area contributed by atoms with Gasteiger partial charge in [-0.25, -0.2) is 0 Å². The Morgan fingerprint density at radius 2 is 0.506 bits per heavy atom. The summed E-state index contributed by atoms with van der Waals surface area (Å²) in [4.78, 5) is 38.2. The third-order valence-electron chi connectivity index (χ3n) is 13.3. The second kappa shape index (κ2) is 65.8. The minimum atomic E-state index is -0.816. The van der Waals surface area contributed by atoms with Crippen LogP contribution < -0.4 is 0 Å². The van der Waals surface area contributed by atoms with Gasteiger partial charge in [-0.1, -0.05) is 276 Å². The van der Waals surface area contributed by atoms with Crippen LogP contribution in [-0.2, 0) is 28.6 Å². The lowest BCUT2D eigenvalue weighted by Gasteiger charge is -2.18. The minimum Gasteiger partial charge on any atom is -0.462 e. The standard InChI is InChI=1S/C73H118O6/c1-4-7-10-13-16-19-22-24-26-28-29-30-31-32-33-34-35-36-37-38-39-40-41-42-43-45-46-48-51-54-57-60-63-66-72(75)78-69-70(68-77-71(74)65-62-59-56-53-50-21-18-15-12-9-6-3)79-73(76)67-64-61-58-55-52-49-47-44-27-25-23-20-17-14-11-8-5-2/h7-8,10-11,15-20,24-27,29-30,32-33,35-36,47,49,55,58,70H,4-6,9,12-14,21-23,28,31,34,37-46,48,50-54,56-57,59-69H2,1-3H3/b10-7-,11-8-,18-15-,19-16-,20-17-,26-24-,27-25-,30-29-,33-32-,36-35-,49-47-,58-55-. The lowest BCUT2D eigenvalue weighted by molar-refractivity contribution is -0.167. The molecule has 0 radical (unpaired) electrons. The third-order valence-corrected chi connectivity index (χ3v) is 13.3. The van der Waals surface area contributed by atoms with Crippen molar-refractivity contribution in [2.45, 2.75) is 284 Å². The van der Waals surface area contributed by atoms with Crippen molar-refractivity contribution in [3.63, 3.8) is 0 Å². The largest absolute Gasteiger partial charge is 0.462 e. The second-order valence-corrected chi connectivity index (χ2v) is 20.9. The van der Waals surface area contributed by atoms with E-state index in [-0.39, 0.29) is 37.5 Å². The summed E-state index contributed by atoms with van der Waals surface area (Å²) in [6.45, 7) is 6.32. The molecule has 0 saturated heterocycles. The highest BCUT2D eigenvalue weighted by Crippen LogP contribution is 2.15. The van der Waals surface area contributed by atoms with Crippen LogP contribution in [0.1, 0.15) is 278 Å². The quantitative estimate of drug-likeness (QED) is 0.0261. The van der Waals surface area contributed by atoms with E-state index < -0.39 is 6.10 Å². The van der Waals surface area contributed by atoms with Crippen LogP contribution in [-0.4, -0.2) is 37.2 Å². The number of carbonyl (C=O) groups excluding carboxylic acids is 3. The summed E-state index contributed by atoms with van der Waals surface area (Å²) in [7, 11) is 0. The Kier molecular flexibility index (Phi) is 61.9. The van der Waals surface area contributed by atoms with E-state index in [2.05, 4.69) is 167 Å². The van der Waals surface area contributed by atoms with E-state index in [0.717, 1.165) is 128 Å². The Morgan fingerprint density at radius 3 is 0.823 bits per heavy atom. The Labute approximate surface area is 487 Å². The van der Waals surface area contributed by atoms with Gasteiger partial charge in [0, 0.05) is 19.3 Å². The fraction of sp³-hybridized carbons (Fsp3) is 0.630. The summed E-state index contributed by atoms with van der Waals surface area (Å²) in [6, 6.07) is 0. The SMILES string of the molecule is CC/C=C\C/C=C\C/C=C\C/C=C\C/C=C\C/C=C\CCCCCCCCCCCCCCCCC(=O)OCC(COC(=O)CCCCCCC/C=C\CCCC)OC(=O)CCC/C=C\C/C=C\C/C=C\C/C=C\C/C=C\CC. The Bertz CT molecular complexity index is 1730. The van der Waals surface area contributed by atoms with Gasteiger partial charge in [-0.2, -0.15) is 0 Å². The molecule has 0 aliphatic heterocycles. The van der Waals surface area contributed by atoms with Gasteiger partial charge in [-0.3, -0.25) is 14.4 Å². The van der Waals surface area contributed by atoms with Crippen molar-refractivity contribution < 1.29 is 28.6 Å². The number of allylic oxidation sites excluding steroid dienone is 24. The van der Waals surface area contributed by atoms with Crippen molar-refractivity contribution >= 4 is 17.9 Å². The van der Waals surface area contributed by atoms with E-state index in [1.165, 1.54) is 103 Å². The first-order valence-corrected chi connectivity index (χ1v) is 32.3. The lowest BCUT2D eigenvalue weighted by atomic mass is 10.0. The molecule has 0 bridgehead atoms. The molecule has 79 heavy (non-hydrogen) atoms. The first-order chi connectivity index (χ1) is 39.0. The Hall–Kier alpha value is -4.71. The van der Waals surface area contributed by atoms with Gasteiger partial charge >= 0.3 is 17.9 Å². The van der Waals surface area contributed by atoms with Crippen molar-refractivity contribution in [1.29, 1.82) is 0 Å². The number of ether oxygens (including phenoxy) is 3. The number of unbranched alkanes of at least 4 members (excludes halogenated alkanes) is 22. The van der Waals surface area contributed by atoms with E-state index in [4.69, 9.17) is 14.2 Å². The highest BCUT2D eigenvalue weighted by atomic mass is 16.6. The van der Waals surface area contributed by atoms with E-state index in [1.807, 2.05) is 0 Å². The summed E-state index contributed by atoms with van der Waals surface area (Å²) in [6.07, 6.45) is 94.5. The topological polar surface area (TPSA) is 78.9 Å². The van der Waals surface area contributed by atoms with Crippen LogP contribution in [0, 0.1) is 0 Å². The molecule has 0 aliphatic carbocycles. The van der Waals surface area contributed by atoms with Gasteiger partial charge in [0.1, 0.15) is 13.2 Å². The van der Waals surface area contributed by atoms with Crippen molar-refractivity contribution in [2.24, 2.45) is 0 Å². The zero-order valence-electron chi connectivity index (χ0n) is 51.1. The zero-order valence-corrected chi connectivity index (χ0v) is 51.1. The summed E-state index contributed by atoms with van der Waals surface area (Å²) in [5.74, 6) is -0.977. The Balaban J connectivity index is 4.24. The number of hydrogen-bond acceptors (Lipinski definition) is 6. The van der Waals surface area contributed by atoms with Gasteiger partial charge in [0.15, 0.2) is 6.10 Å². The summed E-state index contributed by atoms with van der Waals surface area (Å²) in [5, 5.41) is 0. The van der Waals surface area contributed by atoms with Crippen molar-refractivity contribution in [3.8, 4) is 0 Å². The molecule has 0 aromatic carbocycles. The molecule has 0 heterocycles. The summed E-state index contributed by atoms with van der Waals surface area (Å²) in [5.41, 5.74) is 0. The number of carbonyl (C=O) groups is 3. The van der Waals surface area contributed by atoms with Gasteiger partial charge in [0.2, 0.25) is 0 Å². The molecule has 6 nitrogen and oxygen atoms in total. The van der Waals surface area contributed by atoms with Crippen LogP contribution in [0.3, 0.4) is 0 Å². The molecule has 0 aliphatic rings. The fourth-order valence-corrected chi connectivity index (χ4v) is 8.52. The van der Waals surface area contributed by atoms with E-state index in [0.29, 0.717) is 19.3 Å². The lowest BCUT2D eigenvalue weighted by Crippen LogP contribution is -2.30. The average molecular weight is 1090 g/mol. The predicted molar refractivity (Wildman–Crippen MR) is 343 cm³/mol. The van der Waals surface area contributed by atoms with E-state index in [9.17, 15) is 14.4 Å². The summed E-state index contributed by atoms with van der Waals surface area (Å²) >= 11 is 0. The van der Waals surface area contributed by atoms with E-state index in [1.54, 1.807) is 0 Å². The monoisotopic (exact) mass is 1090 g/mol. The maximum Gasteiger partial charge on any atom is 0.306 e. The third kappa shape index (κ3) is 64.0. The van der Waals surface area contributed by atoms with Gasteiger partial charge in [-0.05, 0) is 128 Å². The first kappa shape index (κ1) is 74.3. The molecule has 446 valence electrons. The molecule has 0 rings (SSSR count). The maximum absolute atomic E-state index is 12.8. The first-order valence-electron chi connectivity index (χ1n) is 32.3. The number of hydrogen-bond donors (Lipinski definition) is 0. The number of esters is 3. The minimum absolute atomic E-state index is 0.107. The zero-order chi connectivity index (χ0) is 57.1. The molecule has 0 amide bonds. The molecular formula is C73H118O6. The van der Waals surface area contributed by atoms with Gasteiger partial charge < -0.3 is 14.2 Å². The summed E-state index contributed by atoms with van der Waals surface area (Å²) < 4.78 is 16.8.